The smallest absolute Gasteiger partial charge is 0.251 e. The molecule has 0 saturated carbocycles. The molecule has 1 amide bonds. The summed E-state index contributed by atoms with van der Waals surface area (Å²) < 4.78 is 26.7. The maximum atomic E-state index is 13.3. The van der Waals surface area contributed by atoms with Crippen LogP contribution in [-0.2, 0) is 0 Å². The normalized spacial score (nSPS) is 12.1. The molecule has 0 heterocycles. The summed E-state index contributed by atoms with van der Waals surface area (Å²) in [6.07, 6.45) is 0.735. The van der Waals surface area contributed by atoms with Crippen LogP contribution in [0.3, 0.4) is 0 Å². The Morgan fingerprint density at radius 3 is 2.35 bits per heavy atom. The largest absolute Gasteiger partial charge is 0.350 e. The summed E-state index contributed by atoms with van der Waals surface area (Å²) in [5.74, 6) is 2.63. The predicted octanol–water partition coefficient (Wildman–Crippen LogP) is 1.78. The first-order chi connectivity index (χ1) is 7.99. The highest BCUT2D eigenvalue weighted by molar-refractivity contribution is 5.94. The number of carbonyl (C=O) groups excluding carboxylic acids is 1. The number of hydrazine groups is 1. The standard InChI is InChI=1S/C11H15F2N3O/c1-3-6(2)15-11(17)7-4-8(12)10(16-14)9(13)5-7/h4-6,16H,3,14H2,1-2H3,(H,15,17). The van der Waals surface area contributed by atoms with Crippen molar-refractivity contribution in [3.8, 4) is 0 Å². The summed E-state index contributed by atoms with van der Waals surface area (Å²) in [6, 6.07) is 1.83. The molecule has 94 valence electrons. The summed E-state index contributed by atoms with van der Waals surface area (Å²) in [4.78, 5) is 11.6. The van der Waals surface area contributed by atoms with Crippen LogP contribution < -0.4 is 16.6 Å². The first-order valence-electron chi connectivity index (χ1n) is 5.26. The van der Waals surface area contributed by atoms with Crippen LogP contribution in [0.1, 0.15) is 30.6 Å². The van der Waals surface area contributed by atoms with Crippen LogP contribution in [0.5, 0.6) is 0 Å². The number of benzene rings is 1. The predicted molar refractivity (Wildman–Crippen MR) is 61.4 cm³/mol. The van der Waals surface area contributed by atoms with Gasteiger partial charge in [-0.1, -0.05) is 6.92 Å². The molecule has 4 N–H and O–H groups in total. The second-order valence-corrected chi connectivity index (χ2v) is 3.74. The zero-order valence-corrected chi connectivity index (χ0v) is 9.68. The number of nitrogen functional groups attached to an aromatic ring is 1. The van der Waals surface area contributed by atoms with Gasteiger partial charge in [0.1, 0.15) is 5.69 Å². The molecule has 1 aromatic rings. The van der Waals surface area contributed by atoms with Crippen LogP contribution in [0, 0.1) is 11.6 Å². The Morgan fingerprint density at radius 1 is 1.41 bits per heavy atom. The molecule has 0 saturated heterocycles. The van der Waals surface area contributed by atoms with Gasteiger partial charge in [0.05, 0.1) is 0 Å². The molecule has 0 aromatic heterocycles. The van der Waals surface area contributed by atoms with Crippen molar-refractivity contribution in [2.75, 3.05) is 5.43 Å². The highest BCUT2D eigenvalue weighted by atomic mass is 19.1. The van der Waals surface area contributed by atoms with Crippen molar-refractivity contribution in [2.24, 2.45) is 5.84 Å². The molecule has 4 nitrogen and oxygen atoms in total. The first-order valence-corrected chi connectivity index (χ1v) is 5.26. The van der Waals surface area contributed by atoms with Crippen molar-refractivity contribution >= 4 is 11.6 Å². The van der Waals surface area contributed by atoms with Gasteiger partial charge in [0, 0.05) is 11.6 Å². The second kappa shape index (κ2) is 5.58. The number of rotatable bonds is 4. The zero-order chi connectivity index (χ0) is 13.0. The van der Waals surface area contributed by atoms with E-state index in [1.165, 1.54) is 0 Å². The van der Waals surface area contributed by atoms with Crippen molar-refractivity contribution in [1.29, 1.82) is 0 Å². The average Bonchev–Trinajstić information content (AvgIpc) is 2.28. The minimum absolute atomic E-state index is 0.0547. The lowest BCUT2D eigenvalue weighted by Crippen LogP contribution is -2.32. The van der Waals surface area contributed by atoms with Crippen LogP contribution in [0.15, 0.2) is 12.1 Å². The molecule has 0 aliphatic rings. The molecular formula is C11H15F2N3O. The molecule has 0 bridgehead atoms. The molecule has 0 aliphatic heterocycles. The van der Waals surface area contributed by atoms with E-state index < -0.39 is 23.2 Å². The highest BCUT2D eigenvalue weighted by Gasteiger charge is 2.15. The van der Waals surface area contributed by atoms with Gasteiger partial charge in [0.15, 0.2) is 11.6 Å². The Morgan fingerprint density at radius 2 is 1.94 bits per heavy atom. The number of hydrogen-bond acceptors (Lipinski definition) is 3. The number of hydrogen-bond donors (Lipinski definition) is 3. The highest BCUT2D eigenvalue weighted by Crippen LogP contribution is 2.19. The second-order valence-electron chi connectivity index (χ2n) is 3.74. The van der Waals surface area contributed by atoms with E-state index in [1.807, 2.05) is 12.3 Å². The third-order valence-electron chi connectivity index (χ3n) is 2.44. The number of nitrogens with two attached hydrogens (primary N) is 1. The lowest BCUT2D eigenvalue weighted by molar-refractivity contribution is 0.0938. The molecule has 1 atom stereocenters. The maximum Gasteiger partial charge on any atom is 0.251 e. The Labute approximate surface area is 98.2 Å². The van der Waals surface area contributed by atoms with E-state index in [0.29, 0.717) is 0 Å². The van der Waals surface area contributed by atoms with Gasteiger partial charge < -0.3 is 10.7 Å². The quantitative estimate of drug-likeness (QED) is 0.557. The monoisotopic (exact) mass is 243 g/mol. The average molecular weight is 243 g/mol. The van der Waals surface area contributed by atoms with Gasteiger partial charge in [0.25, 0.3) is 5.91 Å². The fourth-order valence-corrected chi connectivity index (χ4v) is 1.25. The van der Waals surface area contributed by atoms with Crippen molar-refractivity contribution in [1.82, 2.24) is 5.32 Å². The fraction of sp³-hybridized carbons (Fsp3) is 0.364. The summed E-state index contributed by atoms with van der Waals surface area (Å²) in [7, 11) is 0. The van der Waals surface area contributed by atoms with Crippen LogP contribution in [0.25, 0.3) is 0 Å². The van der Waals surface area contributed by atoms with Crippen LogP contribution in [0.4, 0.5) is 14.5 Å². The Kier molecular flexibility index (Phi) is 4.39. The summed E-state index contributed by atoms with van der Waals surface area (Å²) in [5.41, 5.74) is 1.38. The number of nitrogens with one attached hydrogen (secondary N) is 2. The van der Waals surface area contributed by atoms with Gasteiger partial charge in [-0.05, 0) is 25.5 Å². The van der Waals surface area contributed by atoms with Gasteiger partial charge in [-0.15, -0.1) is 0 Å². The van der Waals surface area contributed by atoms with Crippen molar-refractivity contribution in [3.63, 3.8) is 0 Å². The van der Waals surface area contributed by atoms with Crippen LogP contribution >= 0.6 is 0 Å². The third kappa shape index (κ3) is 3.13. The zero-order valence-electron chi connectivity index (χ0n) is 9.68. The summed E-state index contributed by atoms with van der Waals surface area (Å²) in [6.45, 7) is 3.70. The summed E-state index contributed by atoms with van der Waals surface area (Å²) in [5, 5.41) is 2.61. The minimum Gasteiger partial charge on any atom is -0.350 e. The lowest BCUT2D eigenvalue weighted by Gasteiger charge is -2.12. The molecule has 1 unspecified atom stereocenters. The van der Waals surface area contributed by atoms with E-state index in [-0.39, 0.29) is 11.6 Å². The van der Waals surface area contributed by atoms with E-state index in [1.54, 1.807) is 6.92 Å². The van der Waals surface area contributed by atoms with Gasteiger partial charge in [0.2, 0.25) is 0 Å². The van der Waals surface area contributed by atoms with Crippen molar-refractivity contribution in [3.05, 3.63) is 29.3 Å². The summed E-state index contributed by atoms with van der Waals surface area (Å²) >= 11 is 0. The van der Waals surface area contributed by atoms with Gasteiger partial charge in [-0.3, -0.25) is 10.6 Å². The van der Waals surface area contributed by atoms with Gasteiger partial charge in [-0.2, -0.15) is 0 Å². The van der Waals surface area contributed by atoms with E-state index in [0.717, 1.165) is 18.6 Å². The van der Waals surface area contributed by atoms with E-state index >= 15 is 0 Å². The van der Waals surface area contributed by atoms with Gasteiger partial charge >= 0.3 is 0 Å². The van der Waals surface area contributed by atoms with Crippen LogP contribution in [-0.4, -0.2) is 11.9 Å². The Hall–Kier alpha value is -1.69. The third-order valence-corrected chi connectivity index (χ3v) is 2.44. The first kappa shape index (κ1) is 13.4. The van der Waals surface area contributed by atoms with Gasteiger partial charge in [-0.25, -0.2) is 8.78 Å². The van der Waals surface area contributed by atoms with Crippen molar-refractivity contribution < 1.29 is 13.6 Å². The SMILES string of the molecule is CCC(C)NC(=O)c1cc(F)c(NN)c(F)c1. The molecule has 1 aromatic carbocycles. The number of amides is 1. The molecule has 0 spiro atoms. The molecule has 0 radical (unpaired) electrons. The lowest BCUT2D eigenvalue weighted by atomic mass is 10.1. The number of anilines is 1. The molecule has 6 heteroatoms. The van der Waals surface area contributed by atoms with E-state index in [4.69, 9.17) is 5.84 Å². The molecule has 0 fully saturated rings. The maximum absolute atomic E-state index is 13.3. The molecule has 17 heavy (non-hydrogen) atoms. The van der Waals surface area contributed by atoms with E-state index in [9.17, 15) is 13.6 Å². The molecule has 1 rings (SSSR count). The van der Waals surface area contributed by atoms with Crippen LogP contribution in [0.2, 0.25) is 0 Å². The minimum atomic E-state index is -0.901. The fourth-order valence-electron chi connectivity index (χ4n) is 1.25. The Balaban J connectivity index is 2.96. The Bertz CT molecular complexity index is 400. The topological polar surface area (TPSA) is 67.2 Å². The molecular weight excluding hydrogens is 228 g/mol. The molecule has 0 aliphatic carbocycles. The van der Waals surface area contributed by atoms with Crippen molar-refractivity contribution in [2.45, 2.75) is 26.3 Å². The number of carbonyl (C=O) groups is 1. The number of halogens is 2. The van der Waals surface area contributed by atoms with E-state index in [2.05, 4.69) is 5.32 Å².